The van der Waals surface area contributed by atoms with Crippen molar-refractivity contribution >= 4 is 21.8 Å². The molecule has 4 nitrogen and oxygen atoms in total. The fourth-order valence-electron chi connectivity index (χ4n) is 3.49. The average molecular weight is 361 g/mol. The zero-order chi connectivity index (χ0) is 15.1. The van der Waals surface area contributed by atoms with Crippen molar-refractivity contribution in [2.75, 3.05) is 0 Å². The fraction of sp³-hybridized carbons (Fsp3) is 0.353. The van der Waals surface area contributed by atoms with Crippen LogP contribution in [0.3, 0.4) is 0 Å². The topological polar surface area (TPSA) is 54.3 Å². The summed E-state index contributed by atoms with van der Waals surface area (Å²) < 4.78 is 6.69. The largest absolute Gasteiger partial charge is 0.451 e. The number of fused-ring (bicyclic) bond motifs is 2. The molecule has 1 aromatic carbocycles. The third-order valence-corrected chi connectivity index (χ3v) is 5.28. The van der Waals surface area contributed by atoms with Gasteiger partial charge in [0, 0.05) is 28.2 Å². The molecule has 3 unspecified atom stereocenters. The van der Waals surface area contributed by atoms with E-state index in [0.29, 0.717) is 23.6 Å². The molecule has 0 aliphatic carbocycles. The van der Waals surface area contributed by atoms with Crippen molar-refractivity contribution in [3.8, 4) is 11.3 Å². The Bertz CT molecular complexity index is 712. The number of carbonyl (C=O) groups is 1. The number of furan rings is 1. The van der Waals surface area contributed by atoms with Gasteiger partial charge < -0.3 is 15.1 Å². The molecule has 5 heteroatoms. The van der Waals surface area contributed by atoms with E-state index >= 15 is 0 Å². The third kappa shape index (κ3) is 2.48. The zero-order valence-corrected chi connectivity index (χ0v) is 13.6. The second kappa shape index (κ2) is 5.56. The van der Waals surface area contributed by atoms with Crippen LogP contribution in [-0.2, 0) is 0 Å². The maximum Gasteiger partial charge on any atom is 0.287 e. The van der Waals surface area contributed by atoms with Crippen LogP contribution in [0.2, 0.25) is 0 Å². The van der Waals surface area contributed by atoms with E-state index in [1.807, 2.05) is 30.3 Å². The highest BCUT2D eigenvalue weighted by Gasteiger charge is 2.39. The lowest BCUT2D eigenvalue weighted by atomic mass is 9.95. The minimum atomic E-state index is -0.127. The predicted molar refractivity (Wildman–Crippen MR) is 87.7 cm³/mol. The molecule has 0 radical (unpaired) electrons. The zero-order valence-electron chi connectivity index (χ0n) is 12.0. The lowest BCUT2D eigenvalue weighted by molar-refractivity contribution is 0.0903. The van der Waals surface area contributed by atoms with E-state index < -0.39 is 0 Å². The number of nitrogens with one attached hydrogen (secondary N) is 2. The summed E-state index contributed by atoms with van der Waals surface area (Å²) >= 11 is 3.50. The molecule has 2 aliphatic rings. The molecule has 3 heterocycles. The van der Waals surface area contributed by atoms with Crippen LogP contribution in [0.25, 0.3) is 11.3 Å². The van der Waals surface area contributed by atoms with E-state index in [1.165, 1.54) is 6.42 Å². The van der Waals surface area contributed by atoms with Crippen molar-refractivity contribution < 1.29 is 9.21 Å². The summed E-state index contributed by atoms with van der Waals surface area (Å²) in [4.78, 5) is 12.4. The number of amides is 1. The van der Waals surface area contributed by atoms with Crippen LogP contribution in [0.1, 0.15) is 29.8 Å². The monoisotopic (exact) mass is 360 g/mol. The molecule has 2 aromatic rings. The van der Waals surface area contributed by atoms with Crippen molar-refractivity contribution in [2.24, 2.45) is 0 Å². The van der Waals surface area contributed by atoms with Gasteiger partial charge in [0.25, 0.3) is 5.91 Å². The van der Waals surface area contributed by atoms with Crippen molar-refractivity contribution in [2.45, 2.75) is 37.4 Å². The molecule has 2 aliphatic heterocycles. The van der Waals surface area contributed by atoms with Crippen LogP contribution >= 0.6 is 15.9 Å². The maximum absolute atomic E-state index is 12.4. The van der Waals surface area contributed by atoms with Gasteiger partial charge in [-0.25, -0.2) is 0 Å². The van der Waals surface area contributed by atoms with Crippen LogP contribution in [-0.4, -0.2) is 24.0 Å². The molecule has 1 amide bonds. The Morgan fingerprint density at radius 1 is 1.23 bits per heavy atom. The van der Waals surface area contributed by atoms with Gasteiger partial charge in [-0.15, -0.1) is 0 Å². The Balaban J connectivity index is 1.49. The second-order valence-electron chi connectivity index (χ2n) is 6.01. The van der Waals surface area contributed by atoms with Gasteiger partial charge >= 0.3 is 0 Å². The first-order valence-corrected chi connectivity index (χ1v) is 8.41. The molecule has 2 saturated heterocycles. The summed E-state index contributed by atoms with van der Waals surface area (Å²) in [6.07, 6.45) is 3.40. The Labute approximate surface area is 137 Å². The second-order valence-corrected chi connectivity index (χ2v) is 6.86. The van der Waals surface area contributed by atoms with Gasteiger partial charge in [0.2, 0.25) is 0 Å². The number of benzene rings is 1. The average Bonchev–Trinajstić information content (AvgIpc) is 3.24. The summed E-state index contributed by atoms with van der Waals surface area (Å²) in [6.45, 7) is 0. The molecule has 0 spiro atoms. The molecule has 2 N–H and O–H groups in total. The smallest absolute Gasteiger partial charge is 0.287 e. The van der Waals surface area contributed by atoms with Gasteiger partial charge in [-0.3, -0.25) is 4.79 Å². The van der Waals surface area contributed by atoms with E-state index in [2.05, 4.69) is 26.6 Å². The van der Waals surface area contributed by atoms with E-state index in [0.717, 1.165) is 22.9 Å². The normalized spacial score (nSPS) is 26.3. The van der Waals surface area contributed by atoms with Crippen molar-refractivity contribution in [1.82, 2.24) is 10.6 Å². The SMILES string of the molecule is O=C(NC1CC2CCC1N2)c1ccc(-c2ccccc2Br)o1. The van der Waals surface area contributed by atoms with E-state index in [-0.39, 0.29) is 11.9 Å². The number of hydrogen-bond acceptors (Lipinski definition) is 3. The highest BCUT2D eigenvalue weighted by Crippen LogP contribution is 2.30. The Hall–Kier alpha value is -1.59. The fourth-order valence-corrected chi connectivity index (χ4v) is 3.97. The number of rotatable bonds is 3. The molecular formula is C17H17BrN2O2. The summed E-state index contributed by atoms with van der Waals surface area (Å²) in [5, 5.41) is 6.62. The molecule has 0 saturated carbocycles. The summed E-state index contributed by atoms with van der Waals surface area (Å²) in [6, 6.07) is 12.6. The van der Waals surface area contributed by atoms with Crippen molar-refractivity contribution in [3.05, 3.63) is 46.6 Å². The van der Waals surface area contributed by atoms with Crippen molar-refractivity contribution in [3.63, 3.8) is 0 Å². The number of halogens is 1. The van der Waals surface area contributed by atoms with Gasteiger partial charge in [-0.1, -0.05) is 34.1 Å². The van der Waals surface area contributed by atoms with Crippen LogP contribution in [0.5, 0.6) is 0 Å². The minimum Gasteiger partial charge on any atom is -0.451 e. The maximum atomic E-state index is 12.4. The van der Waals surface area contributed by atoms with Crippen LogP contribution in [0.15, 0.2) is 45.3 Å². The molecular weight excluding hydrogens is 344 g/mol. The first kappa shape index (κ1) is 14.0. The number of hydrogen-bond donors (Lipinski definition) is 2. The van der Waals surface area contributed by atoms with Crippen LogP contribution in [0.4, 0.5) is 0 Å². The van der Waals surface area contributed by atoms with Gasteiger partial charge in [-0.2, -0.15) is 0 Å². The molecule has 2 bridgehead atoms. The molecule has 22 heavy (non-hydrogen) atoms. The van der Waals surface area contributed by atoms with Gasteiger partial charge in [0.15, 0.2) is 5.76 Å². The molecule has 4 rings (SSSR count). The molecule has 114 valence electrons. The molecule has 3 atom stereocenters. The van der Waals surface area contributed by atoms with Crippen LogP contribution < -0.4 is 10.6 Å². The first-order valence-electron chi connectivity index (χ1n) is 7.62. The highest BCUT2D eigenvalue weighted by molar-refractivity contribution is 9.10. The first-order chi connectivity index (χ1) is 10.7. The summed E-state index contributed by atoms with van der Waals surface area (Å²) in [5.41, 5.74) is 0.947. The van der Waals surface area contributed by atoms with Gasteiger partial charge in [0.05, 0.1) is 0 Å². The Morgan fingerprint density at radius 3 is 2.82 bits per heavy atom. The Kier molecular flexibility index (Phi) is 3.54. The van der Waals surface area contributed by atoms with E-state index in [4.69, 9.17) is 4.42 Å². The molecule has 1 aromatic heterocycles. The number of carbonyl (C=O) groups excluding carboxylic acids is 1. The molecule has 2 fully saturated rings. The van der Waals surface area contributed by atoms with Crippen molar-refractivity contribution in [1.29, 1.82) is 0 Å². The standard InChI is InChI=1S/C17H17BrN2O2/c18-12-4-2-1-3-11(12)15-7-8-16(22-15)17(21)20-14-9-10-5-6-13(14)19-10/h1-4,7-8,10,13-14,19H,5-6,9H2,(H,20,21). The van der Waals surface area contributed by atoms with E-state index in [1.54, 1.807) is 6.07 Å². The van der Waals surface area contributed by atoms with E-state index in [9.17, 15) is 4.79 Å². The Morgan fingerprint density at radius 2 is 2.09 bits per heavy atom. The lowest BCUT2D eigenvalue weighted by Gasteiger charge is -2.20. The minimum absolute atomic E-state index is 0.127. The quantitative estimate of drug-likeness (QED) is 0.882. The summed E-state index contributed by atoms with van der Waals surface area (Å²) in [5.74, 6) is 0.940. The third-order valence-electron chi connectivity index (χ3n) is 4.59. The predicted octanol–water partition coefficient (Wildman–Crippen LogP) is 3.33. The van der Waals surface area contributed by atoms with Crippen LogP contribution in [0, 0.1) is 0 Å². The van der Waals surface area contributed by atoms with Gasteiger partial charge in [0.1, 0.15) is 5.76 Å². The highest BCUT2D eigenvalue weighted by atomic mass is 79.9. The van der Waals surface area contributed by atoms with Gasteiger partial charge in [-0.05, 0) is 37.5 Å². The summed E-state index contributed by atoms with van der Waals surface area (Å²) in [7, 11) is 0. The lowest BCUT2D eigenvalue weighted by Crippen LogP contribution is -2.42.